The van der Waals surface area contributed by atoms with E-state index in [1.807, 2.05) is 0 Å². The van der Waals surface area contributed by atoms with Crippen LogP contribution >= 0.6 is 0 Å². The number of carbonyl (C=O) groups excluding carboxylic acids is 1. The highest BCUT2D eigenvalue weighted by atomic mass is 32.2. The van der Waals surface area contributed by atoms with Crippen molar-refractivity contribution in [3.63, 3.8) is 0 Å². The van der Waals surface area contributed by atoms with Gasteiger partial charge in [0, 0.05) is 32.4 Å². The smallest absolute Gasteiger partial charge is 0.326 e. The Morgan fingerprint density at radius 2 is 1.76 bits per heavy atom. The van der Waals surface area contributed by atoms with E-state index in [0.29, 0.717) is 13.1 Å². The van der Waals surface area contributed by atoms with Gasteiger partial charge in [-0.25, -0.2) is 13.2 Å². The molecule has 10 heteroatoms. The molecule has 0 bridgehead atoms. The van der Waals surface area contributed by atoms with Crippen LogP contribution in [0.5, 0.6) is 0 Å². The molecule has 0 radical (unpaired) electrons. The van der Waals surface area contributed by atoms with Crippen molar-refractivity contribution in [1.82, 2.24) is 14.5 Å². The molecule has 1 aromatic carbocycles. The molecule has 1 heterocycles. The Hall–Kier alpha value is -2.90. The number of hydrogen-bond acceptors (Lipinski definition) is 6. The minimum absolute atomic E-state index is 0.206. The van der Waals surface area contributed by atoms with E-state index >= 15 is 0 Å². The molecule has 1 aliphatic rings. The van der Waals surface area contributed by atoms with Gasteiger partial charge in [-0.15, -0.1) is 0 Å². The molecule has 1 saturated heterocycles. The van der Waals surface area contributed by atoms with Crippen LogP contribution in [0.2, 0.25) is 0 Å². The quantitative estimate of drug-likeness (QED) is 0.488. The van der Waals surface area contributed by atoms with E-state index in [2.05, 4.69) is 5.32 Å². The van der Waals surface area contributed by atoms with Crippen molar-refractivity contribution in [2.45, 2.75) is 24.8 Å². The van der Waals surface area contributed by atoms with Crippen molar-refractivity contribution in [3.8, 4) is 6.07 Å². The minimum Gasteiger partial charge on any atom is -0.480 e. The molecule has 0 spiro atoms. The number of carbonyl (C=O) groups is 2. The van der Waals surface area contributed by atoms with E-state index in [0.717, 1.165) is 0 Å². The lowest BCUT2D eigenvalue weighted by Crippen LogP contribution is -2.47. The maximum Gasteiger partial charge on any atom is 0.326 e. The lowest BCUT2D eigenvalue weighted by Gasteiger charge is -2.33. The Bertz CT molecular complexity index is 914. The summed E-state index contributed by atoms with van der Waals surface area (Å²) >= 11 is 0. The summed E-state index contributed by atoms with van der Waals surface area (Å²) in [6, 6.07) is 8.80. The first-order valence-electron chi connectivity index (χ1n) is 9.11. The molecule has 1 aliphatic heterocycles. The molecule has 1 unspecified atom stereocenters. The van der Waals surface area contributed by atoms with Crippen molar-refractivity contribution in [2.75, 3.05) is 26.2 Å². The lowest BCUT2D eigenvalue weighted by molar-refractivity contribution is -0.142. The van der Waals surface area contributed by atoms with Crippen LogP contribution in [0, 0.1) is 17.2 Å². The van der Waals surface area contributed by atoms with Crippen LogP contribution in [-0.4, -0.2) is 66.8 Å². The van der Waals surface area contributed by atoms with Crippen molar-refractivity contribution < 1.29 is 23.1 Å². The third kappa shape index (κ3) is 5.56. The summed E-state index contributed by atoms with van der Waals surface area (Å²) in [4.78, 5) is 25.4. The normalized spacial score (nSPS) is 16.9. The Morgan fingerprint density at radius 3 is 2.24 bits per heavy atom. The van der Waals surface area contributed by atoms with Gasteiger partial charge in [0.05, 0.1) is 4.90 Å². The Labute approximate surface area is 170 Å². The zero-order valence-corrected chi connectivity index (χ0v) is 17.1. The van der Waals surface area contributed by atoms with Crippen molar-refractivity contribution in [2.24, 2.45) is 5.92 Å². The van der Waals surface area contributed by atoms with E-state index in [9.17, 15) is 28.4 Å². The summed E-state index contributed by atoms with van der Waals surface area (Å²) in [6.07, 6.45) is 1.35. The molecule has 1 aromatic rings. The number of amides is 1. The summed E-state index contributed by atoms with van der Waals surface area (Å²) in [5.74, 6) is -2.29. The third-order valence-electron chi connectivity index (χ3n) is 4.55. The second-order valence-corrected chi connectivity index (χ2v) is 8.88. The van der Waals surface area contributed by atoms with Crippen LogP contribution in [0.4, 0.5) is 0 Å². The van der Waals surface area contributed by atoms with Crippen LogP contribution < -0.4 is 5.32 Å². The molecule has 0 aliphatic carbocycles. The summed E-state index contributed by atoms with van der Waals surface area (Å²) in [5, 5.41) is 20.8. The maximum atomic E-state index is 12.6. The van der Waals surface area contributed by atoms with Gasteiger partial charge in [-0.2, -0.15) is 9.57 Å². The number of carboxylic acid groups (broad SMARTS) is 1. The fraction of sp³-hybridized carbons (Fsp3) is 0.421. The molecule has 2 N–H and O–H groups in total. The molecule has 29 heavy (non-hydrogen) atoms. The number of benzene rings is 1. The predicted molar refractivity (Wildman–Crippen MR) is 105 cm³/mol. The standard InChI is InChI=1S/C19H24N4O5S/c1-14(2)17(19(25)26)21-18(24)15(12-20)13-22-8-10-23(11-9-22)29(27,28)16-6-4-3-5-7-16/h3-7,13-14,17H,8-11H2,1-2H3,(H,21,24)(H,25,26)/b15-13-. The largest absolute Gasteiger partial charge is 0.480 e. The molecular weight excluding hydrogens is 396 g/mol. The fourth-order valence-electron chi connectivity index (χ4n) is 2.87. The average Bonchev–Trinajstić information content (AvgIpc) is 2.70. The predicted octanol–water partition coefficient (Wildman–Crippen LogP) is 0.626. The molecule has 1 fully saturated rings. The summed E-state index contributed by atoms with van der Waals surface area (Å²) in [7, 11) is -3.59. The molecule has 156 valence electrons. The number of nitriles is 1. The number of nitrogens with zero attached hydrogens (tertiary/aromatic N) is 3. The monoisotopic (exact) mass is 420 g/mol. The molecule has 0 saturated carbocycles. The van der Waals surface area contributed by atoms with Crippen LogP contribution in [0.15, 0.2) is 47.0 Å². The number of aliphatic carboxylic acids is 1. The van der Waals surface area contributed by atoms with Crippen LogP contribution in [0.25, 0.3) is 0 Å². The van der Waals surface area contributed by atoms with Crippen LogP contribution in [0.1, 0.15) is 13.8 Å². The van der Waals surface area contributed by atoms with Gasteiger partial charge in [0.1, 0.15) is 17.7 Å². The highest BCUT2D eigenvalue weighted by Gasteiger charge is 2.29. The molecule has 1 atom stereocenters. The van der Waals surface area contributed by atoms with E-state index in [4.69, 9.17) is 0 Å². The Morgan fingerprint density at radius 1 is 1.17 bits per heavy atom. The number of nitrogens with one attached hydrogen (secondary N) is 1. The number of piperazine rings is 1. The summed E-state index contributed by atoms with van der Waals surface area (Å²) in [5.41, 5.74) is -0.226. The second kappa shape index (κ2) is 9.54. The first kappa shape index (κ1) is 22.4. The van der Waals surface area contributed by atoms with Gasteiger partial charge in [0.25, 0.3) is 5.91 Å². The van der Waals surface area contributed by atoms with Crippen LogP contribution in [-0.2, 0) is 19.6 Å². The molecule has 0 aromatic heterocycles. The van der Waals surface area contributed by atoms with Gasteiger partial charge in [-0.1, -0.05) is 32.0 Å². The Balaban J connectivity index is 2.04. The van der Waals surface area contributed by atoms with Gasteiger partial charge in [0.2, 0.25) is 10.0 Å². The second-order valence-electron chi connectivity index (χ2n) is 6.94. The number of hydrogen-bond donors (Lipinski definition) is 2. The van der Waals surface area contributed by atoms with Crippen molar-refractivity contribution in [1.29, 1.82) is 5.26 Å². The zero-order chi connectivity index (χ0) is 21.6. The van der Waals surface area contributed by atoms with E-state index in [1.165, 1.54) is 22.6 Å². The fourth-order valence-corrected chi connectivity index (χ4v) is 4.31. The zero-order valence-electron chi connectivity index (χ0n) is 16.3. The van der Waals surface area contributed by atoms with Gasteiger partial charge in [0.15, 0.2) is 0 Å². The minimum atomic E-state index is -3.59. The third-order valence-corrected chi connectivity index (χ3v) is 6.46. The maximum absolute atomic E-state index is 12.6. The van der Waals surface area contributed by atoms with E-state index < -0.39 is 27.9 Å². The highest BCUT2D eigenvalue weighted by molar-refractivity contribution is 7.89. The first-order chi connectivity index (χ1) is 13.7. The average molecular weight is 420 g/mol. The van der Waals surface area contributed by atoms with Gasteiger partial charge < -0.3 is 15.3 Å². The van der Waals surface area contributed by atoms with Gasteiger partial charge in [-0.3, -0.25) is 4.79 Å². The Kier molecular flexibility index (Phi) is 7.36. The molecule has 9 nitrogen and oxygen atoms in total. The van der Waals surface area contributed by atoms with Crippen LogP contribution in [0.3, 0.4) is 0 Å². The van der Waals surface area contributed by atoms with E-state index in [-0.39, 0.29) is 29.5 Å². The highest BCUT2D eigenvalue weighted by Crippen LogP contribution is 2.17. The number of rotatable bonds is 7. The summed E-state index contributed by atoms with van der Waals surface area (Å²) in [6.45, 7) is 4.33. The number of sulfonamides is 1. The lowest BCUT2D eigenvalue weighted by atomic mass is 10.0. The van der Waals surface area contributed by atoms with E-state index in [1.54, 1.807) is 43.0 Å². The first-order valence-corrected chi connectivity index (χ1v) is 10.6. The summed E-state index contributed by atoms with van der Waals surface area (Å²) < 4.78 is 26.7. The number of carboxylic acids is 1. The van der Waals surface area contributed by atoms with Gasteiger partial charge >= 0.3 is 5.97 Å². The van der Waals surface area contributed by atoms with Gasteiger partial charge in [-0.05, 0) is 18.1 Å². The van der Waals surface area contributed by atoms with Crippen molar-refractivity contribution in [3.05, 3.63) is 42.1 Å². The molecule has 1 amide bonds. The molecular formula is C19H24N4O5S. The van der Waals surface area contributed by atoms with Crippen molar-refractivity contribution >= 4 is 21.9 Å². The molecule has 2 rings (SSSR count). The topological polar surface area (TPSA) is 131 Å². The SMILES string of the molecule is CC(C)C(NC(=O)/C(C#N)=C\N1CCN(S(=O)(=O)c2ccccc2)CC1)C(=O)O.